The monoisotopic (exact) mass is 303 g/mol. The van der Waals surface area contributed by atoms with Gasteiger partial charge in [-0.1, -0.05) is 0 Å². The molecule has 90 valence electrons. The minimum Gasteiger partial charge on any atom is -0.461 e. The van der Waals surface area contributed by atoms with Crippen LogP contribution in [0.25, 0.3) is 10.9 Å². The first-order chi connectivity index (χ1) is 8.04. The Labute approximate surface area is 104 Å². The van der Waals surface area contributed by atoms with Crippen molar-refractivity contribution in [3.8, 4) is 0 Å². The van der Waals surface area contributed by atoms with Crippen molar-refractivity contribution in [1.29, 1.82) is 0 Å². The van der Waals surface area contributed by atoms with E-state index in [-0.39, 0.29) is 16.8 Å². The van der Waals surface area contributed by atoms with E-state index in [1.807, 2.05) is 0 Å². The van der Waals surface area contributed by atoms with E-state index in [2.05, 4.69) is 20.9 Å². The number of aromatic nitrogens is 1. The highest BCUT2D eigenvalue weighted by Crippen LogP contribution is 2.29. The zero-order chi connectivity index (χ0) is 12.6. The molecule has 0 saturated heterocycles. The molecule has 1 heterocycles. The summed E-state index contributed by atoms with van der Waals surface area (Å²) in [5.41, 5.74) is 0.486. The number of benzene rings is 1. The summed E-state index contributed by atoms with van der Waals surface area (Å²) in [5.74, 6) is -2.52. The van der Waals surface area contributed by atoms with Crippen molar-refractivity contribution < 1.29 is 18.3 Å². The molecule has 0 fully saturated rings. The number of carbonyl (C=O) groups excluding carboxylic acids is 1. The smallest absolute Gasteiger partial charge is 0.354 e. The number of ether oxygens (including phenoxy) is 1. The molecule has 0 aliphatic carbocycles. The number of hydrogen-bond acceptors (Lipinski definition) is 2. The van der Waals surface area contributed by atoms with Crippen LogP contribution >= 0.6 is 15.9 Å². The number of esters is 1. The molecule has 0 aliphatic rings. The van der Waals surface area contributed by atoms with Crippen molar-refractivity contribution in [2.75, 3.05) is 6.61 Å². The van der Waals surface area contributed by atoms with E-state index in [0.29, 0.717) is 10.9 Å². The van der Waals surface area contributed by atoms with Crippen molar-refractivity contribution in [1.82, 2.24) is 4.98 Å². The van der Waals surface area contributed by atoms with Crippen LogP contribution < -0.4 is 0 Å². The summed E-state index contributed by atoms with van der Waals surface area (Å²) < 4.78 is 31.1. The van der Waals surface area contributed by atoms with Gasteiger partial charge in [0.15, 0.2) is 11.6 Å². The average Bonchev–Trinajstić information content (AvgIpc) is 2.70. The molecule has 2 aromatic rings. The van der Waals surface area contributed by atoms with Crippen molar-refractivity contribution in [2.45, 2.75) is 6.92 Å². The molecular weight excluding hydrogens is 296 g/mol. The Morgan fingerprint density at radius 1 is 1.47 bits per heavy atom. The van der Waals surface area contributed by atoms with Gasteiger partial charge >= 0.3 is 5.97 Å². The average molecular weight is 304 g/mol. The molecule has 0 bridgehead atoms. The van der Waals surface area contributed by atoms with Crippen LogP contribution in [0.3, 0.4) is 0 Å². The third kappa shape index (κ3) is 2.04. The van der Waals surface area contributed by atoms with Crippen LogP contribution in [-0.4, -0.2) is 17.6 Å². The van der Waals surface area contributed by atoms with Crippen LogP contribution in [0.2, 0.25) is 0 Å². The molecule has 0 unspecified atom stereocenters. The Kier molecular flexibility index (Phi) is 3.15. The lowest BCUT2D eigenvalue weighted by molar-refractivity contribution is 0.0520. The van der Waals surface area contributed by atoms with E-state index in [0.717, 1.165) is 6.07 Å². The summed E-state index contributed by atoms with van der Waals surface area (Å²) in [6.07, 6.45) is 0. The van der Waals surface area contributed by atoms with Gasteiger partial charge in [0.05, 0.1) is 16.6 Å². The highest BCUT2D eigenvalue weighted by atomic mass is 79.9. The van der Waals surface area contributed by atoms with Crippen LogP contribution in [0, 0.1) is 11.6 Å². The molecule has 1 aromatic carbocycles. The Morgan fingerprint density at radius 2 is 2.18 bits per heavy atom. The molecule has 0 atom stereocenters. The van der Waals surface area contributed by atoms with E-state index in [4.69, 9.17) is 4.74 Å². The maximum Gasteiger partial charge on any atom is 0.354 e. The van der Waals surface area contributed by atoms with Gasteiger partial charge in [0.1, 0.15) is 5.69 Å². The number of fused-ring (bicyclic) bond motifs is 1. The molecule has 1 N–H and O–H groups in total. The van der Waals surface area contributed by atoms with Gasteiger partial charge in [0.2, 0.25) is 0 Å². The van der Waals surface area contributed by atoms with Crippen LogP contribution in [0.1, 0.15) is 17.4 Å². The largest absolute Gasteiger partial charge is 0.461 e. The lowest BCUT2D eigenvalue weighted by atomic mass is 10.2. The summed E-state index contributed by atoms with van der Waals surface area (Å²) in [5, 5.41) is 0.402. The van der Waals surface area contributed by atoms with Crippen molar-refractivity contribution in [2.24, 2.45) is 0 Å². The second kappa shape index (κ2) is 4.44. The van der Waals surface area contributed by atoms with Crippen molar-refractivity contribution >= 4 is 32.8 Å². The number of aromatic amines is 1. The predicted octanol–water partition coefficient (Wildman–Crippen LogP) is 3.39. The van der Waals surface area contributed by atoms with E-state index >= 15 is 0 Å². The molecule has 2 rings (SSSR count). The summed E-state index contributed by atoms with van der Waals surface area (Å²) in [6.45, 7) is 1.91. The van der Waals surface area contributed by atoms with Gasteiger partial charge in [-0.15, -0.1) is 0 Å². The molecule has 1 aromatic heterocycles. The van der Waals surface area contributed by atoms with Crippen molar-refractivity contribution in [3.05, 3.63) is 33.9 Å². The minimum atomic E-state index is -0.991. The van der Waals surface area contributed by atoms with Gasteiger partial charge in [-0.05, 0) is 35.0 Å². The van der Waals surface area contributed by atoms with Gasteiger partial charge in [-0.3, -0.25) is 0 Å². The fraction of sp³-hybridized carbons (Fsp3) is 0.182. The molecule has 0 amide bonds. The Morgan fingerprint density at radius 3 is 2.82 bits per heavy atom. The van der Waals surface area contributed by atoms with Gasteiger partial charge in [0, 0.05) is 5.39 Å². The van der Waals surface area contributed by atoms with Crippen LogP contribution in [0.4, 0.5) is 8.78 Å². The van der Waals surface area contributed by atoms with Crippen molar-refractivity contribution in [3.63, 3.8) is 0 Å². The molecular formula is C11H8BrF2NO2. The number of carbonyl (C=O) groups is 1. The predicted molar refractivity (Wildman–Crippen MR) is 61.9 cm³/mol. The third-order valence-electron chi connectivity index (χ3n) is 2.25. The van der Waals surface area contributed by atoms with Gasteiger partial charge in [-0.25, -0.2) is 13.6 Å². The first-order valence-electron chi connectivity index (χ1n) is 4.88. The van der Waals surface area contributed by atoms with Crippen LogP contribution in [0.15, 0.2) is 16.6 Å². The third-order valence-corrected chi connectivity index (χ3v) is 2.99. The van der Waals surface area contributed by atoms with E-state index < -0.39 is 17.6 Å². The molecule has 0 saturated carbocycles. The topological polar surface area (TPSA) is 42.1 Å². The Bertz CT molecular complexity index is 595. The van der Waals surface area contributed by atoms with E-state index in [1.165, 1.54) is 6.07 Å². The fourth-order valence-corrected chi connectivity index (χ4v) is 2.02. The number of nitrogens with one attached hydrogen (secondary N) is 1. The second-order valence-electron chi connectivity index (χ2n) is 3.35. The van der Waals surface area contributed by atoms with E-state index in [9.17, 15) is 13.6 Å². The number of rotatable bonds is 2. The quantitative estimate of drug-likeness (QED) is 0.682. The lowest BCUT2D eigenvalue weighted by Gasteiger charge is -1.98. The zero-order valence-corrected chi connectivity index (χ0v) is 10.4. The molecule has 0 radical (unpaired) electrons. The summed E-state index contributed by atoms with van der Waals surface area (Å²) in [6, 6.07) is 2.44. The lowest BCUT2D eigenvalue weighted by Crippen LogP contribution is -2.04. The standard InChI is InChI=1S/C11H8BrF2NO2/c1-2-17-11(16)7-4-5-3-6(13)9(14)8(12)10(5)15-7/h3-4,15H,2H2,1H3. The van der Waals surface area contributed by atoms with Gasteiger partial charge in [-0.2, -0.15) is 0 Å². The van der Waals surface area contributed by atoms with Crippen LogP contribution in [0.5, 0.6) is 0 Å². The maximum atomic E-state index is 13.3. The highest BCUT2D eigenvalue weighted by molar-refractivity contribution is 9.10. The van der Waals surface area contributed by atoms with E-state index in [1.54, 1.807) is 6.92 Å². The first kappa shape index (κ1) is 12.0. The minimum absolute atomic E-state index is 0.0388. The fourth-order valence-electron chi connectivity index (χ4n) is 1.50. The van der Waals surface area contributed by atoms with Crippen LogP contribution in [-0.2, 0) is 4.74 Å². The first-order valence-corrected chi connectivity index (χ1v) is 5.67. The Hall–Kier alpha value is -1.43. The normalized spacial score (nSPS) is 10.8. The number of H-pyrrole nitrogens is 1. The number of halogens is 3. The molecule has 0 spiro atoms. The SMILES string of the molecule is CCOC(=O)c1cc2cc(F)c(F)c(Br)c2[nH]1. The number of hydrogen-bond donors (Lipinski definition) is 1. The van der Waals surface area contributed by atoms with Gasteiger partial charge < -0.3 is 9.72 Å². The van der Waals surface area contributed by atoms with Gasteiger partial charge in [0.25, 0.3) is 0 Å². The molecule has 0 aliphatic heterocycles. The summed E-state index contributed by atoms with van der Waals surface area (Å²) in [4.78, 5) is 14.1. The molecule has 3 nitrogen and oxygen atoms in total. The second-order valence-corrected chi connectivity index (χ2v) is 4.15. The Balaban J connectivity index is 2.58. The maximum absolute atomic E-state index is 13.3. The molecule has 17 heavy (non-hydrogen) atoms. The highest BCUT2D eigenvalue weighted by Gasteiger charge is 2.16. The summed E-state index contributed by atoms with van der Waals surface area (Å²) in [7, 11) is 0. The molecule has 6 heteroatoms. The zero-order valence-electron chi connectivity index (χ0n) is 8.81. The summed E-state index contributed by atoms with van der Waals surface area (Å²) >= 11 is 2.93.